The molecule has 4 heteroatoms. The minimum Gasteiger partial charge on any atom is -0.478 e. The number of nitrogens with two attached hydrogens (primary N) is 1. The molecule has 0 amide bonds. The minimum absolute atomic E-state index is 0.163. The van der Waals surface area contributed by atoms with Crippen molar-refractivity contribution in [2.75, 3.05) is 11.1 Å². The largest absolute Gasteiger partial charge is 0.478 e. The average molecular weight is 192 g/mol. The Morgan fingerprint density at radius 1 is 1.50 bits per heavy atom. The van der Waals surface area contributed by atoms with Crippen LogP contribution in [0.15, 0.2) is 18.2 Å². The molecular weight excluding hydrogens is 180 g/mol. The third-order valence-electron chi connectivity index (χ3n) is 2.27. The Balaban J connectivity index is 2.30. The molecule has 0 spiro atoms. The zero-order chi connectivity index (χ0) is 10.1. The van der Waals surface area contributed by atoms with Gasteiger partial charge in [-0.3, -0.25) is 0 Å². The van der Waals surface area contributed by atoms with Gasteiger partial charge in [-0.15, -0.1) is 0 Å². The standard InChI is InChI=1S/C10H12N2O2/c11-9-7(10(13)14)2-1-3-8(9)12-6-4-5-6/h1-3,6,12H,4-5,11H2,(H,13,14). The van der Waals surface area contributed by atoms with Gasteiger partial charge in [0.05, 0.1) is 16.9 Å². The van der Waals surface area contributed by atoms with Crippen LogP contribution in [0.25, 0.3) is 0 Å². The second-order valence-electron chi connectivity index (χ2n) is 3.49. The highest BCUT2D eigenvalue weighted by atomic mass is 16.4. The lowest BCUT2D eigenvalue weighted by atomic mass is 10.1. The number of para-hydroxylation sites is 1. The number of anilines is 2. The summed E-state index contributed by atoms with van der Waals surface area (Å²) in [7, 11) is 0. The molecule has 1 aromatic rings. The van der Waals surface area contributed by atoms with Crippen LogP contribution in [0, 0.1) is 0 Å². The average Bonchev–Trinajstić information content (AvgIpc) is 2.92. The number of nitrogens with one attached hydrogen (secondary N) is 1. The van der Waals surface area contributed by atoms with Gasteiger partial charge in [-0.1, -0.05) is 6.07 Å². The number of aromatic carboxylic acids is 1. The van der Waals surface area contributed by atoms with Crippen molar-refractivity contribution in [1.82, 2.24) is 0 Å². The van der Waals surface area contributed by atoms with Crippen LogP contribution < -0.4 is 11.1 Å². The van der Waals surface area contributed by atoms with E-state index in [0.717, 1.165) is 18.5 Å². The number of carbonyl (C=O) groups is 1. The van der Waals surface area contributed by atoms with Gasteiger partial charge < -0.3 is 16.2 Å². The Morgan fingerprint density at radius 2 is 2.21 bits per heavy atom. The van der Waals surface area contributed by atoms with Crippen molar-refractivity contribution in [3.63, 3.8) is 0 Å². The molecular formula is C10H12N2O2. The zero-order valence-corrected chi connectivity index (χ0v) is 7.66. The van der Waals surface area contributed by atoms with Crippen molar-refractivity contribution in [3.8, 4) is 0 Å². The first-order valence-electron chi connectivity index (χ1n) is 4.57. The number of carboxylic acids is 1. The van der Waals surface area contributed by atoms with E-state index < -0.39 is 5.97 Å². The highest BCUT2D eigenvalue weighted by Crippen LogP contribution is 2.29. The lowest BCUT2D eigenvalue weighted by molar-refractivity contribution is 0.0698. The molecule has 0 saturated heterocycles. The lowest BCUT2D eigenvalue weighted by Gasteiger charge is -2.09. The molecule has 0 radical (unpaired) electrons. The van der Waals surface area contributed by atoms with Gasteiger partial charge in [-0.05, 0) is 25.0 Å². The molecule has 1 fully saturated rings. The molecule has 0 aliphatic heterocycles. The SMILES string of the molecule is Nc1c(NC2CC2)cccc1C(=O)O. The van der Waals surface area contributed by atoms with Crippen molar-refractivity contribution in [2.24, 2.45) is 0 Å². The molecule has 1 aliphatic carbocycles. The molecule has 4 N–H and O–H groups in total. The van der Waals surface area contributed by atoms with E-state index in [1.807, 2.05) is 0 Å². The fourth-order valence-corrected chi connectivity index (χ4v) is 1.33. The van der Waals surface area contributed by atoms with E-state index in [1.54, 1.807) is 12.1 Å². The van der Waals surface area contributed by atoms with Gasteiger partial charge >= 0.3 is 5.97 Å². The molecule has 0 atom stereocenters. The van der Waals surface area contributed by atoms with Crippen LogP contribution in [0.5, 0.6) is 0 Å². The second kappa shape index (κ2) is 3.21. The summed E-state index contributed by atoms with van der Waals surface area (Å²) in [5.74, 6) is -0.984. The predicted molar refractivity (Wildman–Crippen MR) is 54.5 cm³/mol. The van der Waals surface area contributed by atoms with Crippen molar-refractivity contribution < 1.29 is 9.90 Å². The summed E-state index contributed by atoms with van der Waals surface area (Å²) in [6.45, 7) is 0. The number of hydrogen-bond donors (Lipinski definition) is 3. The molecule has 0 heterocycles. The fourth-order valence-electron chi connectivity index (χ4n) is 1.33. The van der Waals surface area contributed by atoms with E-state index in [9.17, 15) is 4.79 Å². The first kappa shape index (κ1) is 8.87. The summed E-state index contributed by atoms with van der Waals surface area (Å²) in [6, 6.07) is 5.49. The van der Waals surface area contributed by atoms with Crippen LogP contribution in [0.3, 0.4) is 0 Å². The normalized spacial score (nSPS) is 15.1. The summed E-state index contributed by atoms with van der Waals surface area (Å²) in [6.07, 6.45) is 2.27. The molecule has 1 saturated carbocycles. The number of hydrogen-bond acceptors (Lipinski definition) is 3. The minimum atomic E-state index is -0.984. The highest BCUT2D eigenvalue weighted by Gasteiger charge is 2.22. The van der Waals surface area contributed by atoms with Gasteiger partial charge in [-0.2, -0.15) is 0 Å². The molecule has 1 aromatic carbocycles. The van der Waals surface area contributed by atoms with Crippen molar-refractivity contribution in [1.29, 1.82) is 0 Å². The van der Waals surface area contributed by atoms with E-state index in [2.05, 4.69) is 5.32 Å². The summed E-state index contributed by atoms with van der Waals surface area (Å²) in [4.78, 5) is 10.8. The number of carboxylic acid groups (broad SMARTS) is 1. The number of benzene rings is 1. The third kappa shape index (κ3) is 1.64. The maximum atomic E-state index is 10.8. The van der Waals surface area contributed by atoms with Gasteiger partial charge in [0.1, 0.15) is 0 Å². The van der Waals surface area contributed by atoms with E-state index >= 15 is 0 Å². The topological polar surface area (TPSA) is 75.3 Å². The first-order valence-corrected chi connectivity index (χ1v) is 4.57. The lowest BCUT2D eigenvalue weighted by Crippen LogP contribution is -2.08. The monoisotopic (exact) mass is 192 g/mol. The molecule has 74 valence electrons. The zero-order valence-electron chi connectivity index (χ0n) is 7.66. The molecule has 1 aliphatic rings. The van der Waals surface area contributed by atoms with E-state index in [-0.39, 0.29) is 5.56 Å². The molecule has 0 unspecified atom stereocenters. The van der Waals surface area contributed by atoms with Crippen LogP contribution in [-0.4, -0.2) is 17.1 Å². The highest BCUT2D eigenvalue weighted by molar-refractivity contribution is 5.97. The van der Waals surface area contributed by atoms with E-state index in [4.69, 9.17) is 10.8 Å². The Hall–Kier alpha value is -1.71. The summed E-state index contributed by atoms with van der Waals surface area (Å²) < 4.78 is 0. The first-order chi connectivity index (χ1) is 6.68. The molecule has 0 bridgehead atoms. The molecule has 0 aromatic heterocycles. The van der Waals surface area contributed by atoms with Crippen molar-refractivity contribution in [2.45, 2.75) is 18.9 Å². The quantitative estimate of drug-likeness (QED) is 0.635. The third-order valence-corrected chi connectivity index (χ3v) is 2.27. The molecule has 4 nitrogen and oxygen atoms in total. The van der Waals surface area contributed by atoms with Crippen LogP contribution >= 0.6 is 0 Å². The molecule has 14 heavy (non-hydrogen) atoms. The second-order valence-corrected chi connectivity index (χ2v) is 3.49. The number of nitrogen functional groups attached to an aromatic ring is 1. The Morgan fingerprint density at radius 3 is 2.79 bits per heavy atom. The predicted octanol–water partition coefficient (Wildman–Crippen LogP) is 1.54. The van der Waals surface area contributed by atoms with Crippen LogP contribution in [0.4, 0.5) is 11.4 Å². The molecule has 2 rings (SSSR count). The Kier molecular flexibility index (Phi) is 2.04. The summed E-state index contributed by atoms with van der Waals surface area (Å²) >= 11 is 0. The number of rotatable bonds is 3. The van der Waals surface area contributed by atoms with Gasteiger partial charge in [0.2, 0.25) is 0 Å². The van der Waals surface area contributed by atoms with Gasteiger partial charge in [0.15, 0.2) is 0 Å². The summed E-state index contributed by atoms with van der Waals surface area (Å²) in [5, 5.41) is 12.0. The summed E-state index contributed by atoms with van der Waals surface area (Å²) in [5.41, 5.74) is 6.93. The Bertz CT molecular complexity index is 372. The van der Waals surface area contributed by atoms with Crippen molar-refractivity contribution in [3.05, 3.63) is 23.8 Å². The maximum Gasteiger partial charge on any atom is 0.337 e. The van der Waals surface area contributed by atoms with Crippen LogP contribution in [0.1, 0.15) is 23.2 Å². The maximum absolute atomic E-state index is 10.8. The smallest absolute Gasteiger partial charge is 0.337 e. The van der Waals surface area contributed by atoms with Gasteiger partial charge in [0.25, 0.3) is 0 Å². The fraction of sp³-hybridized carbons (Fsp3) is 0.300. The van der Waals surface area contributed by atoms with Crippen LogP contribution in [0.2, 0.25) is 0 Å². The van der Waals surface area contributed by atoms with Crippen LogP contribution in [-0.2, 0) is 0 Å². The van der Waals surface area contributed by atoms with Gasteiger partial charge in [0, 0.05) is 6.04 Å². The Labute approximate surface area is 81.7 Å². The van der Waals surface area contributed by atoms with E-state index in [1.165, 1.54) is 6.07 Å². The van der Waals surface area contributed by atoms with Gasteiger partial charge in [-0.25, -0.2) is 4.79 Å². The van der Waals surface area contributed by atoms with E-state index in [0.29, 0.717) is 11.7 Å². The van der Waals surface area contributed by atoms with Crippen molar-refractivity contribution >= 4 is 17.3 Å².